The molecule has 1 aliphatic rings. The molecule has 1 N–H and O–H groups in total. The Morgan fingerprint density at radius 1 is 1.37 bits per heavy atom. The average molecular weight is 274 g/mol. The molecule has 0 aliphatic heterocycles. The molecule has 19 heavy (non-hydrogen) atoms. The highest BCUT2D eigenvalue weighted by Gasteiger charge is 2.26. The van der Waals surface area contributed by atoms with E-state index in [2.05, 4.69) is 10.3 Å². The summed E-state index contributed by atoms with van der Waals surface area (Å²) in [5, 5.41) is 3.33. The van der Waals surface area contributed by atoms with Crippen LogP contribution in [0.25, 0.3) is 0 Å². The zero-order chi connectivity index (χ0) is 13.7. The lowest BCUT2D eigenvalue weighted by Crippen LogP contribution is -2.16. The number of aromatic nitrogens is 1. The molecule has 0 amide bonds. The fourth-order valence-electron chi connectivity index (χ4n) is 1.68. The molecule has 0 spiro atoms. The molecule has 1 heterocycles. The van der Waals surface area contributed by atoms with E-state index in [0.29, 0.717) is 18.3 Å². The van der Waals surface area contributed by atoms with Crippen molar-refractivity contribution in [2.24, 2.45) is 0 Å². The van der Waals surface area contributed by atoms with Crippen LogP contribution in [0.15, 0.2) is 18.5 Å². The van der Waals surface area contributed by atoms with Crippen LogP contribution in [0.4, 0.5) is 13.2 Å². The van der Waals surface area contributed by atoms with Gasteiger partial charge in [-0.05, 0) is 25.3 Å². The van der Waals surface area contributed by atoms with Crippen LogP contribution in [-0.4, -0.2) is 23.8 Å². The molecule has 0 atom stereocenters. The maximum atomic E-state index is 12.0. The van der Waals surface area contributed by atoms with E-state index < -0.39 is 12.6 Å². The van der Waals surface area contributed by atoms with Crippen LogP contribution in [-0.2, 0) is 6.54 Å². The van der Waals surface area contributed by atoms with E-state index in [-0.39, 0.29) is 13.0 Å². The molecule has 106 valence electrons. The van der Waals surface area contributed by atoms with Crippen LogP contribution in [0.1, 0.15) is 31.2 Å². The van der Waals surface area contributed by atoms with Gasteiger partial charge in [0.25, 0.3) is 0 Å². The lowest BCUT2D eigenvalue weighted by atomic mass is 10.2. The van der Waals surface area contributed by atoms with Gasteiger partial charge in [-0.25, -0.2) is 0 Å². The largest absolute Gasteiger partial charge is 0.493 e. The molecule has 1 saturated carbocycles. The average Bonchev–Trinajstić information content (AvgIpc) is 3.16. The van der Waals surface area contributed by atoms with Crippen molar-refractivity contribution in [2.75, 3.05) is 6.61 Å². The summed E-state index contributed by atoms with van der Waals surface area (Å²) >= 11 is 0. The highest BCUT2D eigenvalue weighted by atomic mass is 19.4. The van der Waals surface area contributed by atoms with Gasteiger partial charge in [0, 0.05) is 37.0 Å². The van der Waals surface area contributed by atoms with Crippen molar-refractivity contribution in [1.82, 2.24) is 10.3 Å². The molecule has 2 rings (SSSR count). The third-order valence-electron chi connectivity index (χ3n) is 2.88. The first kappa shape index (κ1) is 14.1. The van der Waals surface area contributed by atoms with Crippen molar-refractivity contribution < 1.29 is 17.9 Å². The van der Waals surface area contributed by atoms with Crippen LogP contribution in [0.2, 0.25) is 0 Å². The van der Waals surface area contributed by atoms with Gasteiger partial charge < -0.3 is 10.1 Å². The third kappa shape index (κ3) is 5.46. The molecule has 0 unspecified atom stereocenters. The second kappa shape index (κ2) is 6.23. The Labute approximate surface area is 110 Å². The van der Waals surface area contributed by atoms with Crippen molar-refractivity contribution in [2.45, 2.75) is 44.4 Å². The Kier molecular flexibility index (Phi) is 4.63. The van der Waals surface area contributed by atoms with Gasteiger partial charge in [0.05, 0.1) is 6.61 Å². The van der Waals surface area contributed by atoms with E-state index in [1.165, 1.54) is 12.8 Å². The van der Waals surface area contributed by atoms with Gasteiger partial charge in [-0.1, -0.05) is 0 Å². The fraction of sp³-hybridized carbons (Fsp3) is 0.615. The Hall–Kier alpha value is -1.30. The maximum absolute atomic E-state index is 12.0. The van der Waals surface area contributed by atoms with Gasteiger partial charge >= 0.3 is 6.18 Å². The van der Waals surface area contributed by atoms with Crippen LogP contribution in [0.5, 0.6) is 5.75 Å². The summed E-state index contributed by atoms with van der Waals surface area (Å²) in [6, 6.07) is 2.26. The number of alkyl halides is 3. The molecule has 0 saturated heterocycles. The number of hydrogen-bond acceptors (Lipinski definition) is 3. The van der Waals surface area contributed by atoms with Gasteiger partial charge in [-0.15, -0.1) is 0 Å². The van der Waals surface area contributed by atoms with Gasteiger partial charge in [-0.2, -0.15) is 13.2 Å². The normalized spacial score (nSPS) is 15.5. The lowest BCUT2D eigenvalue weighted by molar-refractivity contribution is -0.136. The third-order valence-corrected chi connectivity index (χ3v) is 2.88. The SMILES string of the molecule is FC(F)(F)CCCOc1ccncc1CNC1CC1. The van der Waals surface area contributed by atoms with Crippen LogP contribution in [0, 0.1) is 0 Å². The van der Waals surface area contributed by atoms with Gasteiger partial charge in [-0.3, -0.25) is 4.98 Å². The Morgan fingerprint density at radius 3 is 2.84 bits per heavy atom. The number of hydrogen-bond donors (Lipinski definition) is 1. The molecular weight excluding hydrogens is 257 g/mol. The Bertz CT molecular complexity index is 405. The molecule has 0 radical (unpaired) electrons. The molecule has 0 bridgehead atoms. The maximum Gasteiger partial charge on any atom is 0.389 e. The van der Waals surface area contributed by atoms with E-state index in [1.54, 1.807) is 18.5 Å². The van der Waals surface area contributed by atoms with E-state index >= 15 is 0 Å². The second-order valence-electron chi connectivity index (χ2n) is 4.71. The van der Waals surface area contributed by atoms with Crippen molar-refractivity contribution in [3.05, 3.63) is 24.0 Å². The van der Waals surface area contributed by atoms with Gasteiger partial charge in [0.2, 0.25) is 0 Å². The summed E-state index contributed by atoms with van der Waals surface area (Å²) in [5.41, 5.74) is 0.890. The van der Waals surface area contributed by atoms with Crippen molar-refractivity contribution in [3.63, 3.8) is 0 Å². The van der Waals surface area contributed by atoms with Gasteiger partial charge in [0.15, 0.2) is 0 Å². The van der Waals surface area contributed by atoms with E-state index in [4.69, 9.17) is 4.74 Å². The number of nitrogens with zero attached hydrogens (tertiary/aromatic N) is 1. The smallest absolute Gasteiger partial charge is 0.389 e. The summed E-state index contributed by atoms with van der Waals surface area (Å²) in [6.45, 7) is 0.715. The summed E-state index contributed by atoms with van der Waals surface area (Å²) in [6.07, 6.45) is 0.686. The standard InChI is InChI=1S/C13H17F3N2O/c14-13(15,16)5-1-7-19-12-4-6-17-8-10(12)9-18-11-2-3-11/h4,6,8,11,18H,1-3,5,7,9H2. The molecule has 3 nitrogen and oxygen atoms in total. The first-order chi connectivity index (χ1) is 9.04. The molecule has 1 aliphatic carbocycles. The lowest BCUT2D eigenvalue weighted by Gasteiger charge is -2.12. The van der Waals surface area contributed by atoms with Crippen LogP contribution < -0.4 is 10.1 Å². The van der Waals surface area contributed by atoms with E-state index in [9.17, 15) is 13.2 Å². The zero-order valence-corrected chi connectivity index (χ0v) is 10.5. The van der Waals surface area contributed by atoms with E-state index in [1.807, 2.05) is 0 Å². The number of halogens is 3. The molecule has 1 aromatic rings. The highest BCUT2D eigenvalue weighted by molar-refractivity contribution is 5.30. The van der Waals surface area contributed by atoms with Crippen molar-refractivity contribution in [3.8, 4) is 5.75 Å². The minimum Gasteiger partial charge on any atom is -0.493 e. The molecular formula is C13H17F3N2O. The first-order valence-corrected chi connectivity index (χ1v) is 6.40. The number of ether oxygens (including phenoxy) is 1. The number of nitrogens with one attached hydrogen (secondary N) is 1. The molecule has 6 heteroatoms. The number of pyridine rings is 1. The summed E-state index contributed by atoms with van der Waals surface area (Å²) in [5.74, 6) is 0.616. The zero-order valence-electron chi connectivity index (χ0n) is 10.5. The summed E-state index contributed by atoms with van der Waals surface area (Å²) in [7, 11) is 0. The van der Waals surface area contributed by atoms with Crippen molar-refractivity contribution in [1.29, 1.82) is 0 Å². The highest BCUT2D eigenvalue weighted by Crippen LogP contribution is 2.24. The van der Waals surface area contributed by atoms with Crippen LogP contribution >= 0.6 is 0 Å². The second-order valence-corrected chi connectivity index (χ2v) is 4.71. The Morgan fingerprint density at radius 2 is 2.16 bits per heavy atom. The molecule has 1 fully saturated rings. The molecule has 1 aromatic heterocycles. The fourth-order valence-corrected chi connectivity index (χ4v) is 1.68. The molecule has 0 aromatic carbocycles. The van der Waals surface area contributed by atoms with Crippen molar-refractivity contribution >= 4 is 0 Å². The number of rotatable bonds is 7. The van der Waals surface area contributed by atoms with Gasteiger partial charge in [0.1, 0.15) is 5.75 Å². The predicted molar refractivity (Wildman–Crippen MR) is 64.9 cm³/mol. The predicted octanol–water partition coefficient (Wildman–Crippen LogP) is 3.05. The van der Waals surface area contributed by atoms with Crippen LogP contribution in [0.3, 0.4) is 0 Å². The first-order valence-electron chi connectivity index (χ1n) is 6.40. The minimum atomic E-state index is -4.11. The monoisotopic (exact) mass is 274 g/mol. The van der Waals surface area contributed by atoms with E-state index in [0.717, 1.165) is 5.56 Å². The topological polar surface area (TPSA) is 34.1 Å². The minimum absolute atomic E-state index is 0.0265. The quantitative estimate of drug-likeness (QED) is 0.776. The summed E-state index contributed by atoms with van der Waals surface area (Å²) in [4.78, 5) is 4.01. The Balaban J connectivity index is 1.77. The summed E-state index contributed by atoms with van der Waals surface area (Å²) < 4.78 is 41.4.